The van der Waals surface area contributed by atoms with E-state index in [1.807, 2.05) is 0 Å². The molecule has 0 aliphatic rings. The highest BCUT2D eigenvalue weighted by atomic mass is 35.5. The van der Waals surface area contributed by atoms with Crippen LogP contribution >= 0.6 is 23.2 Å². The van der Waals surface area contributed by atoms with Gasteiger partial charge in [0.25, 0.3) is 0 Å². The minimum Gasteiger partial charge on any atom is -0.390 e. The van der Waals surface area contributed by atoms with E-state index in [0.29, 0.717) is 0 Å². The lowest BCUT2D eigenvalue weighted by atomic mass is 11.1. The van der Waals surface area contributed by atoms with Crippen LogP contribution in [0.5, 0.6) is 0 Å². The third-order valence-electron chi connectivity index (χ3n) is 0.388. The first-order valence-electron chi connectivity index (χ1n) is 1.80. The predicted molar refractivity (Wildman–Crippen MR) is 36.7 cm³/mol. The molecule has 1 unspecified atom stereocenters. The predicted octanol–water partition coefficient (Wildman–Crippen LogP) is 0.763. The van der Waals surface area contributed by atoms with Crippen LogP contribution in [0.3, 0.4) is 0 Å². The average molecular weight is 154 g/mol. The number of halogens is 2. The second-order valence-electron chi connectivity index (χ2n) is 0.855. The molecule has 0 aliphatic carbocycles. The number of alkyl halides is 1. The van der Waals surface area contributed by atoms with E-state index >= 15 is 0 Å². The van der Waals surface area contributed by atoms with E-state index < -0.39 is 5.62 Å². The van der Waals surface area contributed by atoms with Crippen LogP contribution in [0.2, 0.25) is 0 Å². The van der Waals surface area contributed by atoms with Crippen LogP contribution in [-0.4, -0.2) is 17.6 Å². The van der Waals surface area contributed by atoms with Crippen molar-refractivity contribution in [1.82, 2.24) is 0 Å². The molecule has 46 valence electrons. The van der Waals surface area contributed by atoms with Crippen LogP contribution in [0.25, 0.3) is 0 Å². The van der Waals surface area contributed by atoms with Gasteiger partial charge in [-0.25, -0.2) is 9.98 Å². The molecule has 0 aromatic heterocycles. The summed E-state index contributed by atoms with van der Waals surface area (Å²) in [6.07, 6.45) is 1.07. The van der Waals surface area contributed by atoms with Crippen molar-refractivity contribution >= 4 is 35.2 Å². The maximum Gasteiger partial charge on any atom is 0.217 e. The Balaban J connectivity index is 3.47. The van der Waals surface area contributed by atoms with Crippen LogP contribution in [-0.2, 0) is 0 Å². The second-order valence-corrected chi connectivity index (χ2v) is 1.44. The average Bonchev–Trinajstić information content (AvgIpc) is 1.68. The quantitative estimate of drug-likeness (QED) is 0.271. The lowest BCUT2D eigenvalue weighted by Crippen LogP contribution is -1.94. The maximum absolute atomic E-state index is 5.32. The molecule has 0 bridgehead atoms. The van der Waals surface area contributed by atoms with Crippen LogP contribution in [0.15, 0.2) is 9.98 Å². The van der Waals surface area contributed by atoms with Crippen molar-refractivity contribution in [2.24, 2.45) is 15.7 Å². The smallest absolute Gasteiger partial charge is 0.217 e. The molecule has 1 atom stereocenters. The zero-order chi connectivity index (χ0) is 6.41. The molecule has 0 saturated carbocycles. The molecule has 0 spiro atoms. The van der Waals surface area contributed by atoms with E-state index in [-0.39, 0.29) is 0 Å². The summed E-state index contributed by atoms with van der Waals surface area (Å²) in [6.45, 7) is 0. The van der Waals surface area contributed by atoms with Crippen molar-refractivity contribution in [2.75, 3.05) is 0 Å². The molecular formula is C3H5Cl2N3. The summed E-state index contributed by atoms with van der Waals surface area (Å²) in [6, 6.07) is 0. The summed E-state index contributed by atoms with van der Waals surface area (Å²) in [4.78, 5) is 6.89. The minimum absolute atomic E-state index is 0.683. The Bertz CT molecular complexity index is 88.7. The molecule has 0 rings (SSSR count). The van der Waals surface area contributed by atoms with E-state index in [2.05, 4.69) is 9.98 Å². The molecule has 0 aromatic carbocycles. The summed E-state index contributed by atoms with van der Waals surface area (Å²) < 4.78 is 0. The Morgan fingerprint density at radius 3 is 2.50 bits per heavy atom. The highest BCUT2D eigenvalue weighted by molar-refractivity contribution is 6.56. The summed E-state index contributed by atoms with van der Waals surface area (Å²) >= 11 is 10.4. The van der Waals surface area contributed by atoms with E-state index in [4.69, 9.17) is 28.9 Å². The Labute approximate surface area is 57.2 Å². The number of nitrogens with zero attached hydrogens (tertiary/aromatic N) is 2. The third-order valence-corrected chi connectivity index (χ3v) is 0.726. The van der Waals surface area contributed by atoms with Crippen LogP contribution in [0.1, 0.15) is 0 Å². The van der Waals surface area contributed by atoms with Gasteiger partial charge in [-0.3, -0.25) is 0 Å². The normalized spacial score (nSPS) is 15.8. The standard InChI is InChI=1S/C3H5Cl2N3/c4-1-7-3(5)8-2-6/h1-3H,(H2,6,8). The summed E-state index contributed by atoms with van der Waals surface area (Å²) in [5.41, 5.74) is 5.23. The zero-order valence-corrected chi connectivity index (χ0v) is 5.47. The van der Waals surface area contributed by atoms with Gasteiger partial charge in [-0.2, -0.15) is 0 Å². The zero-order valence-electron chi connectivity index (χ0n) is 3.96. The number of nitrogens with two attached hydrogens (primary N) is 1. The SMILES string of the molecule is NC=NC(Cl)N=CCl. The molecule has 0 aromatic rings. The van der Waals surface area contributed by atoms with Gasteiger partial charge in [0.05, 0.1) is 12.0 Å². The lowest BCUT2D eigenvalue weighted by Gasteiger charge is -1.89. The Morgan fingerprint density at radius 2 is 2.12 bits per heavy atom. The summed E-state index contributed by atoms with van der Waals surface area (Å²) in [5, 5.41) is 0. The van der Waals surface area contributed by atoms with Gasteiger partial charge in [0, 0.05) is 0 Å². The highest BCUT2D eigenvalue weighted by Gasteiger charge is 1.88. The summed E-state index contributed by atoms with van der Waals surface area (Å²) in [5.74, 6) is 0. The molecule has 0 radical (unpaired) electrons. The molecule has 0 fully saturated rings. The third kappa shape index (κ3) is 3.89. The largest absolute Gasteiger partial charge is 0.390 e. The van der Waals surface area contributed by atoms with Crippen molar-refractivity contribution in [1.29, 1.82) is 0 Å². The second kappa shape index (κ2) is 4.87. The highest BCUT2D eigenvalue weighted by Crippen LogP contribution is 1.96. The number of rotatable bonds is 2. The molecule has 0 aliphatic heterocycles. The maximum atomic E-state index is 5.32. The molecule has 0 heterocycles. The van der Waals surface area contributed by atoms with E-state index in [1.54, 1.807) is 0 Å². The monoisotopic (exact) mass is 153 g/mol. The first-order chi connectivity index (χ1) is 3.81. The lowest BCUT2D eigenvalue weighted by molar-refractivity contribution is 0.987. The van der Waals surface area contributed by atoms with Crippen LogP contribution in [0.4, 0.5) is 0 Å². The first kappa shape index (κ1) is 7.72. The fourth-order valence-electron chi connectivity index (χ4n) is 0.156. The van der Waals surface area contributed by atoms with Gasteiger partial charge < -0.3 is 5.73 Å². The molecule has 5 heteroatoms. The van der Waals surface area contributed by atoms with Crippen LogP contribution < -0.4 is 5.73 Å². The van der Waals surface area contributed by atoms with Gasteiger partial charge in [0.15, 0.2) is 0 Å². The van der Waals surface area contributed by atoms with E-state index in [0.717, 1.165) is 12.0 Å². The number of hydrogen-bond acceptors (Lipinski definition) is 2. The number of aliphatic imine (C=N–C) groups is 2. The Hall–Kier alpha value is -0.280. The van der Waals surface area contributed by atoms with Crippen molar-refractivity contribution < 1.29 is 0 Å². The van der Waals surface area contributed by atoms with E-state index in [1.165, 1.54) is 0 Å². The molecule has 0 saturated heterocycles. The molecule has 0 amide bonds. The Kier molecular flexibility index (Phi) is 4.70. The van der Waals surface area contributed by atoms with Crippen molar-refractivity contribution in [3.8, 4) is 0 Å². The molecule has 3 nitrogen and oxygen atoms in total. The Morgan fingerprint density at radius 1 is 1.50 bits per heavy atom. The molecule has 2 N–H and O–H groups in total. The van der Waals surface area contributed by atoms with E-state index in [9.17, 15) is 0 Å². The molecular weight excluding hydrogens is 149 g/mol. The van der Waals surface area contributed by atoms with Gasteiger partial charge in [0.1, 0.15) is 0 Å². The van der Waals surface area contributed by atoms with Gasteiger partial charge >= 0.3 is 0 Å². The van der Waals surface area contributed by atoms with Crippen molar-refractivity contribution in [2.45, 2.75) is 5.62 Å². The first-order valence-corrected chi connectivity index (χ1v) is 2.68. The molecule has 8 heavy (non-hydrogen) atoms. The van der Waals surface area contributed by atoms with Crippen LogP contribution in [0, 0.1) is 0 Å². The van der Waals surface area contributed by atoms with Crippen molar-refractivity contribution in [3.63, 3.8) is 0 Å². The van der Waals surface area contributed by atoms with Gasteiger partial charge in [-0.15, -0.1) is 0 Å². The fraction of sp³-hybridized carbons (Fsp3) is 0.333. The van der Waals surface area contributed by atoms with Gasteiger partial charge in [-0.1, -0.05) is 23.2 Å². The van der Waals surface area contributed by atoms with Crippen molar-refractivity contribution in [3.05, 3.63) is 0 Å². The van der Waals surface area contributed by atoms with Gasteiger partial charge in [0.2, 0.25) is 5.62 Å². The number of hydrogen-bond donors (Lipinski definition) is 1. The minimum atomic E-state index is -0.683. The fourth-order valence-corrected chi connectivity index (χ4v) is 0.442. The van der Waals surface area contributed by atoms with Gasteiger partial charge in [-0.05, 0) is 0 Å². The topological polar surface area (TPSA) is 50.7 Å². The summed E-state index contributed by atoms with van der Waals surface area (Å²) in [7, 11) is 0.